The van der Waals surface area contributed by atoms with Crippen molar-refractivity contribution >= 4 is 11.6 Å². The third kappa shape index (κ3) is 3.56. The maximum Gasteiger partial charge on any atom is 0.251 e. The van der Waals surface area contributed by atoms with Crippen molar-refractivity contribution in [3.05, 3.63) is 29.3 Å². The van der Waals surface area contributed by atoms with Gasteiger partial charge in [-0.15, -0.1) is 0 Å². The van der Waals surface area contributed by atoms with Crippen molar-refractivity contribution < 1.29 is 4.79 Å². The molecule has 0 saturated carbocycles. The number of hydrogen-bond donors (Lipinski definition) is 2. The molecule has 1 saturated heterocycles. The van der Waals surface area contributed by atoms with Gasteiger partial charge >= 0.3 is 0 Å². The highest BCUT2D eigenvalue weighted by atomic mass is 16.1. The Morgan fingerprint density at radius 2 is 2.05 bits per heavy atom. The fourth-order valence-electron chi connectivity index (χ4n) is 3.01. The van der Waals surface area contributed by atoms with Crippen LogP contribution in [0.2, 0.25) is 0 Å². The number of rotatable bonds is 3. The zero-order valence-corrected chi connectivity index (χ0v) is 13.7. The lowest BCUT2D eigenvalue weighted by Crippen LogP contribution is -2.48. The summed E-state index contributed by atoms with van der Waals surface area (Å²) in [6.45, 7) is 7.75. The van der Waals surface area contributed by atoms with Crippen LogP contribution in [0, 0.1) is 12.8 Å². The number of amides is 1. The van der Waals surface area contributed by atoms with Gasteiger partial charge in [0.15, 0.2) is 0 Å². The second kappa shape index (κ2) is 6.48. The quantitative estimate of drug-likeness (QED) is 0.898. The number of anilines is 1. The monoisotopic (exact) mass is 289 g/mol. The van der Waals surface area contributed by atoms with Gasteiger partial charge in [0.25, 0.3) is 5.91 Å². The Morgan fingerprint density at radius 3 is 2.71 bits per heavy atom. The van der Waals surface area contributed by atoms with E-state index in [9.17, 15) is 4.79 Å². The van der Waals surface area contributed by atoms with E-state index in [0.29, 0.717) is 23.6 Å². The Labute approximate surface area is 127 Å². The average molecular weight is 289 g/mol. The molecule has 0 aliphatic carbocycles. The van der Waals surface area contributed by atoms with Crippen LogP contribution < -0.4 is 10.6 Å². The molecule has 3 atom stereocenters. The topological polar surface area (TPSA) is 44.4 Å². The molecule has 1 heterocycles. The first-order valence-corrected chi connectivity index (χ1v) is 7.72. The first kappa shape index (κ1) is 15.8. The van der Waals surface area contributed by atoms with Crippen molar-refractivity contribution in [2.24, 2.45) is 5.92 Å². The molecular formula is C17H27N3O. The molecule has 4 nitrogen and oxygen atoms in total. The Hall–Kier alpha value is -1.55. The summed E-state index contributed by atoms with van der Waals surface area (Å²) in [6.07, 6.45) is 1.13. The van der Waals surface area contributed by atoms with Crippen molar-refractivity contribution in [2.75, 3.05) is 26.0 Å². The van der Waals surface area contributed by atoms with Crippen molar-refractivity contribution in [2.45, 2.75) is 39.3 Å². The van der Waals surface area contributed by atoms with Crippen LogP contribution >= 0.6 is 0 Å². The predicted molar refractivity (Wildman–Crippen MR) is 87.9 cm³/mol. The maximum absolute atomic E-state index is 11.8. The zero-order valence-electron chi connectivity index (χ0n) is 13.7. The van der Waals surface area contributed by atoms with Gasteiger partial charge in [-0.1, -0.05) is 13.0 Å². The van der Waals surface area contributed by atoms with Crippen LogP contribution in [0.5, 0.6) is 0 Å². The van der Waals surface area contributed by atoms with E-state index >= 15 is 0 Å². The Balaban J connectivity index is 2.17. The van der Waals surface area contributed by atoms with E-state index in [4.69, 9.17) is 0 Å². The first-order chi connectivity index (χ1) is 9.92. The fourth-order valence-corrected chi connectivity index (χ4v) is 3.01. The molecule has 0 spiro atoms. The molecule has 3 unspecified atom stereocenters. The largest absolute Gasteiger partial charge is 0.382 e. The average Bonchev–Trinajstić information content (AvgIpc) is 2.46. The highest BCUT2D eigenvalue weighted by molar-refractivity contribution is 5.95. The van der Waals surface area contributed by atoms with Crippen LogP contribution in [0.4, 0.5) is 5.69 Å². The van der Waals surface area contributed by atoms with E-state index in [1.165, 1.54) is 5.56 Å². The van der Waals surface area contributed by atoms with E-state index < -0.39 is 0 Å². The second-order valence-electron chi connectivity index (χ2n) is 6.36. The highest BCUT2D eigenvalue weighted by Crippen LogP contribution is 2.26. The number of carbonyl (C=O) groups excluding carboxylic acids is 1. The molecule has 1 fully saturated rings. The van der Waals surface area contributed by atoms with Crippen LogP contribution in [-0.4, -0.2) is 43.5 Å². The Kier molecular flexibility index (Phi) is 4.88. The number of aryl methyl sites for hydroxylation is 1. The highest BCUT2D eigenvalue weighted by Gasteiger charge is 2.29. The molecule has 1 aromatic carbocycles. The van der Waals surface area contributed by atoms with Gasteiger partial charge < -0.3 is 15.5 Å². The summed E-state index contributed by atoms with van der Waals surface area (Å²) in [6, 6.07) is 6.89. The molecule has 21 heavy (non-hydrogen) atoms. The van der Waals surface area contributed by atoms with E-state index in [-0.39, 0.29) is 5.91 Å². The Morgan fingerprint density at radius 1 is 1.33 bits per heavy atom. The number of piperidine rings is 1. The lowest BCUT2D eigenvalue weighted by atomic mass is 9.89. The van der Waals surface area contributed by atoms with Gasteiger partial charge in [-0.05, 0) is 50.9 Å². The third-order valence-electron chi connectivity index (χ3n) is 4.68. The number of nitrogens with zero attached hydrogens (tertiary/aromatic N) is 1. The molecule has 0 bridgehead atoms. The first-order valence-electron chi connectivity index (χ1n) is 7.72. The van der Waals surface area contributed by atoms with Gasteiger partial charge in [-0.3, -0.25) is 4.79 Å². The summed E-state index contributed by atoms with van der Waals surface area (Å²) >= 11 is 0. The van der Waals surface area contributed by atoms with E-state index in [1.54, 1.807) is 7.05 Å². The van der Waals surface area contributed by atoms with Crippen LogP contribution in [0.1, 0.15) is 36.2 Å². The smallest absolute Gasteiger partial charge is 0.251 e. The molecule has 0 aromatic heterocycles. The van der Waals surface area contributed by atoms with Crippen LogP contribution in [0.15, 0.2) is 18.2 Å². The van der Waals surface area contributed by atoms with Gasteiger partial charge in [0.1, 0.15) is 0 Å². The summed E-state index contributed by atoms with van der Waals surface area (Å²) in [5.74, 6) is 0.553. The van der Waals surface area contributed by atoms with E-state index in [2.05, 4.69) is 43.4 Å². The normalized spacial score (nSPS) is 26.4. The summed E-state index contributed by atoms with van der Waals surface area (Å²) in [4.78, 5) is 14.2. The lowest BCUT2D eigenvalue weighted by molar-refractivity contribution is 0.0963. The molecule has 1 aromatic rings. The minimum absolute atomic E-state index is 0.0390. The van der Waals surface area contributed by atoms with Crippen LogP contribution in [0.25, 0.3) is 0 Å². The SMILES string of the molecule is CNC(=O)c1ccc(C)c(NC2CC(C)N(C)CC2C)c1. The minimum Gasteiger partial charge on any atom is -0.382 e. The molecule has 1 aliphatic rings. The standard InChI is InChI=1S/C17H27N3O/c1-11-6-7-14(17(21)18-4)9-16(11)19-15-8-13(3)20(5)10-12(15)2/h6-7,9,12-13,15,19H,8,10H2,1-5H3,(H,18,21). The molecule has 4 heteroatoms. The molecule has 1 amide bonds. The van der Waals surface area contributed by atoms with Crippen molar-refractivity contribution in [1.29, 1.82) is 0 Å². The van der Waals surface area contributed by atoms with E-state index in [1.807, 2.05) is 18.2 Å². The summed E-state index contributed by atoms with van der Waals surface area (Å²) in [5.41, 5.74) is 2.96. The fraction of sp³-hybridized carbons (Fsp3) is 0.588. The number of carbonyl (C=O) groups is 1. The van der Waals surface area contributed by atoms with Gasteiger partial charge in [-0.2, -0.15) is 0 Å². The molecule has 2 N–H and O–H groups in total. The van der Waals surface area contributed by atoms with Gasteiger partial charge in [0.05, 0.1) is 0 Å². The third-order valence-corrected chi connectivity index (χ3v) is 4.68. The molecule has 0 radical (unpaired) electrons. The number of hydrogen-bond acceptors (Lipinski definition) is 3. The number of nitrogens with one attached hydrogen (secondary N) is 2. The van der Waals surface area contributed by atoms with Crippen LogP contribution in [-0.2, 0) is 0 Å². The minimum atomic E-state index is -0.0390. The van der Waals surface area contributed by atoms with Gasteiger partial charge in [0, 0.05) is 36.9 Å². The summed E-state index contributed by atoms with van der Waals surface area (Å²) in [5, 5.41) is 6.34. The summed E-state index contributed by atoms with van der Waals surface area (Å²) in [7, 11) is 3.85. The van der Waals surface area contributed by atoms with Crippen LogP contribution in [0.3, 0.4) is 0 Å². The Bertz CT molecular complexity index is 515. The van der Waals surface area contributed by atoms with E-state index in [0.717, 1.165) is 18.7 Å². The predicted octanol–water partition coefficient (Wildman–Crippen LogP) is 2.50. The summed E-state index contributed by atoms with van der Waals surface area (Å²) < 4.78 is 0. The zero-order chi connectivity index (χ0) is 15.6. The number of likely N-dealkylation sites (tertiary alicyclic amines) is 1. The molecule has 116 valence electrons. The van der Waals surface area contributed by atoms with Crippen molar-refractivity contribution in [3.63, 3.8) is 0 Å². The van der Waals surface area contributed by atoms with Gasteiger partial charge in [0.2, 0.25) is 0 Å². The maximum atomic E-state index is 11.8. The molecule has 1 aliphatic heterocycles. The lowest BCUT2D eigenvalue weighted by Gasteiger charge is -2.40. The van der Waals surface area contributed by atoms with Gasteiger partial charge in [-0.25, -0.2) is 0 Å². The number of benzene rings is 1. The van der Waals surface area contributed by atoms with Crippen molar-refractivity contribution in [3.8, 4) is 0 Å². The molecular weight excluding hydrogens is 262 g/mol. The second-order valence-corrected chi connectivity index (χ2v) is 6.36. The molecule has 2 rings (SSSR count). The van der Waals surface area contributed by atoms with Crippen molar-refractivity contribution in [1.82, 2.24) is 10.2 Å².